The second kappa shape index (κ2) is 7.42. The zero-order chi connectivity index (χ0) is 15.4. The van der Waals surface area contributed by atoms with Crippen LogP contribution in [0.25, 0.3) is 10.8 Å². The van der Waals surface area contributed by atoms with Crippen LogP contribution in [-0.2, 0) is 4.74 Å². The largest absolute Gasteiger partial charge is 0.491 e. The normalized spacial score (nSPS) is 17.5. The molecule has 0 unspecified atom stereocenters. The summed E-state index contributed by atoms with van der Waals surface area (Å²) in [5.74, 6) is 0.797. The van der Waals surface area contributed by atoms with Gasteiger partial charge in [-0.3, -0.25) is 0 Å². The van der Waals surface area contributed by atoms with Crippen LogP contribution in [0, 0.1) is 0 Å². The average molecular weight is 367 g/mol. The third-order valence-electron chi connectivity index (χ3n) is 3.94. The summed E-state index contributed by atoms with van der Waals surface area (Å²) < 4.78 is 12.1. The third-order valence-corrected chi connectivity index (χ3v) is 4.43. The molecule has 1 aliphatic heterocycles. The van der Waals surface area contributed by atoms with Gasteiger partial charge < -0.3 is 19.5 Å². The Hall–Kier alpha value is -1.14. The Bertz CT molecular complexity index is 628. The molecule has 0 bridgehead atoms. The SMILES string of the molecule is O[C@@H](COc1ccc2cc(Br)ccc2c1)C[NH+]1CCOCC1. The lowest BCUT2D eigenvalue weighted by atomic mass is 10.1. The molecule has 1 heterocycles. The van der Waals surface area contributed by atoms with Crippen molar-refractivity contribution in [2.75, 3.05) is 39.5 Å². The van der Waals surface area contributed by atoms with E-state index in [1.54, 1.807) is 0 Å². The van der Waals surface area contributed by atoms with E-state index in [1.165, 1.54) is 10.3 Å². The Kier molecular flexibility index (Phi) is 5.31. The van der Waals surface area contributed by atoms with E-state index in [9.17, 15) is 5.11 Å². The van der Waals surface area contributed by atoms with Crippen LogP contribution in [0.15, 0.2) is 40.9 Å². The van der Waals surface area contributed by atoms with Crippen molar-refractivity contribution in [3.63, 3.8) is 0 Å². The van der Waals surface area contributed by atoms with E-state index in [-0.39, 0.29) is 0 Å². The summed E-state index contributed by atoms with van der Waals surface area (Å²) in [5.41, 5.74) is 0. The van der Waals surface area contributed by atoms with Crippen LogP contribution in [0.2, 0.25) is 0 Å². The van der Waals surface area contributed by atoms with Gasteiger partial charge in [-0.15, -0.1) is 0 Å². The van der Waals surface area contributed by atoms with E-state index in [0.29, 0.717) is 13.2 Å². The van der Waals surface area contributed by atoms with Crippen LogP contribution < -0.4 is 9.64 Å². The number of hydrogen-bond acceptors (Lipinski definition) is 3. The molecule has 0 radical (unpaired) electrons. The van der Waals surface area contributed by atoms with Gasteiger partial charge in [-0.05, 0) is 35.0 Å². The highest BCUT2D eigenvalue weighted by Crippen LogP contribution is 2.24. The van der Waals surface area contributed by atoms with Crippen LogP contribution in [-0.4, -0.2) is 50.7 Å². The maximum Gasteiger partial charge on any atom is 0.137 e. The Morgan fingerprint density at radius 1 is 1.14 bits per heavy atom. The number of fused-ring (bicyclic) bond motifs is 1. The number of aliphatic hydroxyl groups is 1. The molecule has 4 nitrogen and oxygen atoms in total. The summed E-state index contributed by atoms with van der Waals surface area (Å²) in [7, 11) is 0. The van der Waals surface area contributed by atoms with Gasteiger partial charge in [0.25, 0.3) is 0 Å². The number of quaternary nitrogens is 1. The monoisotopic (exact) mass is 366 g/mol. The first-order valence-corrected chi connectivity index (χ1v) is 8.41. The Balaban J connectivity index is 1.55. The minimum atomic E-state index is -0.450. The fourth-order valence-electron chi connectivity index (χ4n) is 2.73. The molecule has 2 aromatic rings. The minimum Gasteiger partial charge on any atom is -0.491 e. The molecule has 3 rings (SSSR count). The molecule has 118 valence electrons. The van der Waals surface area contributed by atoms with Crippen LogP contribution in [0.4, 0.5) is 0 Å². The zero-order valence-electron chi connectivity index (χ0n) is 12.4. The predicted octanol–water partition coefficient (Wildman–Crippen LogP) is 1.26. The summed E-state index contributed by atoms with van der Waals surface area (Å²) in [6.07, 6.45) is -0.450. The number of hydrogen-bond donors (Lipinski definition) is 2. The van der Waals surface area contributed by atoms with E-state index in [1.807, 2.05) is 24.3 Å². The van der Waals surface area contributed by atoms with E-state index in [2.05, 4.69) is 28.1 Å². The molecule has 1 saturated heterocycles. The number of rotatable bonds is 5. The van der Waals surface area contributed by atoms with Crippen molar-refractivity contribution >= 4 is 26.7 Å². The van der Waals surface area contributed by atoms with Crippen molar-refractivity contribution in [3.05, 3.63) is 40.9 Å². The number of halogens is 1. The standard InChI is InChI=1S/C17H20BrNO3/c18-15-3-1-14-10-17(4-2-13(14)9-15)22-12-16(20)11-19-5-7-21-8-6-19/h1-4,9-10,16,20H,5-8,11-12H2/p+1/t16-/m1/s1. The topological polar surface area (TPSA) is 43.1 Å². The van der Waals surface area contributed by atoms with Gasteiger partial charge in [0.1, 0.15) is 38.1 Å². The summed E-state index contributed by atoms with van der Waals surface area (Å²) >= 11 is 3.47. The van der Waals surface area contributed by atoms with Crippen LogP contribution >= 0.6 is 15.9 Å². The summed E-state index contributed by atoms with van der Waals surface area (Å²) in [6, 6.07) is 12.1. The van der Waals surface area contributed by atoms with Gasteiger partial charge in [-0.25, -0.2) is 0 Å². The number of morpholine rings is 1. The van der Waals surface area contributed by atoms with Crippen molar-refractivity contribution < 1.29 is 19.5 Å². The molecule has 0 amide bonds. The first-order chi connectivity index (χ1) is 10.7. The van der Waals surface area contributed by atoms with Crippen molar-refractivity contribution in [1.29, 1.82) is 0 Å². The molecular formula is C17H21BrNO3+. The zero-order valence-corrected chi connectivity index (χ0v) is 14.0. The van der Waals surface area contributed by atoms with Crippen molar-refractivity contribution in [2.24, 2.45) is 0 Å². The molecule has 22 heavy (non-hydrogen) atoms. The van der Waals surface area contributed by atoms with E-state index < -0.39 is 6.10 Å². The number of benzene rings is 2. The summed E-state index contributed by atoms with van der Waals surface area (Å²) in [5, 5.41) is 12.4. The first kappa shape index (κ1) is 15.7. The number of ether oxygens (including phenoxy) is 2. The maximum absolute atomic E-state index is 10.1. The lowest BCUT2D eigenvalue weighted by Crippen LogP contribution is -3.15. The smallest absolute Gasteiger partial charge is 0.137 e. The highest BCUT2D eigenvalue weighted by molar-refractivity contribution is 9.10. The van der Waals surface area contributed by atoms with Gasteiger partial charge in [-0.1, -0.05) is 28.1 Å². The van der Waals surface area contributed by atoms with Gasteiger partial charge in [0, 0.05) is 4.47 Å². The molecule has 0 saturated carbocycles. The van der Waals surface area contributed by atoms with Crippen LogP contribution in [0.1, 0.15) is 0 Å². The molecule has 1 atom stereocenters. The Morgan fingerprint density at radius 3 is 2.68 bits per heavy atom. The molecule has 0 aromatic heterocycles. The second-order valence-corrected chi connectivity index (χ2v) is 6.60. The molecule has 2 aromatic carbocycles. The van der Waals surface area contributed by atoms with Gasteiger partial charge in [0.15, 0.2) is 0 Å². The molecule has 0 spiro atoms. The molecule has 1 fully saturated rings. The molecule has 1 aliphatic rings. The van der Waals surface area contributed by atoms with Gasteiger partial charge in [0.05, 0.1) is 13.2 Å². The first-order valence-electron chi connectivity index (χ1n) is 7.62. The molecule has 2 N–H and O–H groups in total. The fourth-order valence-corrected chi connectivity index (χ4v) is 3.11. The maximum atomic E-state index is 10.1. The highest BCUT2D eigenvalue weighted by Gasteiger charge is 2.18. The lowest BCUT2D eigenvalue weighted by Gasteiger charge is -2.25. The Morgan fingerprint density at radius 2 is 1.86 bits per heavy atom. The summed E-state index contributed by atoms with van der Waals surface area (Å²) in [6.45, 7) is 4.52. The highest BCUT2D eigenvalue weighted by atomic mass is 79.9. The van der Waals surface area contributed by atoms with Crippen LogP contribution in [0.3, 0.4) is 0 Å². The van der Waals surface area contributed by atoms with Crippen LogP contribution in [0.5, 0.6) is 5.75 Å². The van der Waals surface area contributed by atoms with Gasteiger partial charge in [0.2, 0.25) is 0 Å². The average Bonchev–Trinajstić information content (AvgIpc) is 2.54. The number of nitrogens with one attached hydrogen (secondary N) is 1. The Labute approximate surface area is 138 Å². The second-order valence-electron chi connectivity index (χ2n) is 5.68. The van der Waals surface area contributed by atoms with Crippen molar-refractivity contribution in [3.8, 4) is 5.75 Å². The molecular weight excluding hydrogens is 346 g/mol. The predicted molar refractivity (Wildman–Crippen MR) is 89.5 cm³/mol. The summed E-state index contributed by atoms with van der Waals surface area (Å²) in [4.78, 5) is 1.38. The third kappa shape index (κ3) is 4.20. The quantitative estimate of drug-likeness (QED) is 0.836. The van der Waals surface area contributed by atoms with Gasteiger partial charge >= 0.3 is 0 Å². The van der Waals surface area contributed by atoms with E-state index >= 15 is 0 Å². The van der Waals surface area contributed by atoms with Crippen molar-refractivity contribution in [2.45, 2.75) is 6.10 Å². The number of aliphatic hydroxyl groups excluding tert-OH is 1. The fraction of sp³-hybridized carbons (Fsp3) is 0.412. The molecule has 0 aliphatic carbocycles. The van der Waals surface area contributed by atoms with E-state index in [4.69, 9.17) is 9.47 Å². The van der Waals surface area contributed by atoms with Crippen molar-refractivity contribution in [1.82, 2.24) is 0 Å². The molecule has 5 heteroatoms. The minimum absolute atomic E-state index is 0.326. The van der Waals surface area contributed by atoms with E-state index in [0.717, 1.165) is 41.9 Å². The van der Waals surface area contributed by atoms with Gasteiger partial charge in [-0.2, -0.15) is 0 Å². The lowest BCUT2D eigenvalue weighted by molar-refractivity contribution is -0.911.